The highest BCUT2D eigenvalue weighted by Crippen LogP contribution is 2.43. The van der Waals surface area contributed by atoms with Crippen LogP contribution in [-0.2, 0) is 17.1 Å². The lowest BCUT2D eigenvalue weighted by Crippen LogP contribution is -2.16. The Hall–Kier alpha value is -3.68. The zero-order chi connectivity index (χ0) is 27.2. The van der Waals surface area contributed by atoms with Gasteiger partial charge >= 0.3 is 0 Å². The molecule has 0 amide bonds. The molecular weight excluding hydrogens is 554 g/mol. The number of rotatable bonds is 7. The number of halogens is 2. The first kappa shape index (κ1) is 25.9. The molecule has 13 heteroatoms. The number of hydrogen-bond donors (Lipinski definition) is 1. The molecule has 5 aromatic rings. The van der Waals surface area contributed by atoms with Crippen LogP contribution in [0, 0.1) is 18.6 Å². The van der Waals surface area contributed by atoms with Gasteiger partial charge in [-0.2, -0.15) is 0 Å². The molecule has 0 bridgehead atoms. The Bertz CT molecular complexity index is 1860. The molecule has 0 saturated carbocycles. The van der Waals surface area contributed by atoms with E-state index in [2.05, 4.69) is 14.9 Å². The fraction of sp³-hybridized carbons (Fsp3) is 0.160. The van der Waals surface area contributed by atoms with Gasteiger partial charge in [-0.1, -0.05) is 11.3 Å². The average molecular weight is 575 g/mol. The lowest BCUT2D eigenvalue weighted by Gasteiger charge is -2.16. The summed E-state index contributed by atoms with van der Waals surface area (Å²) >= 11 is 2.72. The quantitative estimate of drug-likeness (QED) is 0.259. The van der Waals surface area contributed by atoms with Gasteiger partial charge in [0, 0.05) is 40.8 Å². The number of fused-ring (bicyclic) bond motifs is 1. The van der Waals surface area contributed by atoms with Crippen molar-refractivity contribution in [1.29, 1.82) is 0 Å². The number of benzene rings is 2. The van der Waals surface area contributed by atoms with Crippen LogP contribution in [0.1, 0.15) is 11.9 Å². The summed E-state index contributed by atoms with van der Waals surface area (Å²) in [4.78, 5) is 13.8. The van der Waals surface area contributed by atoms with E-state index in [1.807, 2.05) is 6.92 Å². The zero-order valence-corrected chi connectivity index (χ0v) is 22.7. The molecule has 38 heavy (non-hydrogen) atoms. The normalized spacial score (nSPS) is 11.7. The predicted molar refractivity (Wildman–Crippen MR) is 146 cm³/mol. The third-order valence-corrected chi connectivity index (χ3v) is 9.11. The number of anilines is 1. The second kappa shape index (κ2) is 9.89. The van der Waals surface area contributed by atoms with Crippen molar-refractivity contribution in [3.8, 4) is 32.5 Å². The summed E-state index contributed by atoms with van der Waals surface area (Å²) in [6.45, 7) is 3.34. The van der Waals surface area contributed by atoms with Crippen molar-refractivity contribution in [3.05, 3.63) is 75.7 Å². The summed E-state index contributed by atoms with van der Waals surface area (Å²) < 4.78 is 62.8. The fourth-order valence-corrected chi connectivity index (χ4v) is 6.30. The Morgan fingerprint density at radius 2 is 1.79 bits per heavy atom. The summed E-state index contributed by atoms with van der Waals surface area (Å²) in [6.07, 6.45) is 1.61. The van der Waals surface area contributed by atoms with Crippen LogP contribution in [0.5, 0.6) is 11.5 Å². The number of ether oxygens (including phenoxy) is 1. The van der Waals surface area contributed by atoms with Crippen LogP contribution in [-0.4, -0.2) is 28.9 Å². The van der Waals surface area contributed by atoms with Crippen LogP contribution < -0.4 is 15.0 Å². The maximum atomic E-state index is 14.5. The molecule has 8 nitrogen and oxygen atoms in total. The average Bonchev–Trinajstić information content (AvgIpc) is 3.51. The molecule has 5 rings (SSSR count). The third kappa shape index (κ3) is 5.04. The van der Waals surface area contributed by atoms with Crippen molar-refractivity contribution in [2.75, 3.05) is 10.5 Å². The Kier molecular flexibility index (Phi) is 6.75. The van der Waals surface area contributed by atoms with Crippen molar-refractivity contribution >= 4 is 48.5 Å². The molecule has 3 heterocycles. The number of nitrogens with one attached hydrogen (secondary N) is 1. The maximum Gasteiger partial charge on any atom is 0.259 e. The fourth-order valence-electron chi connectivity index (χ4n) is 3.77. The summed E-state index contributed by atoms with van der Waals surface area (Å²) in [5.74, 6) is -1.83. The molecule has 0 spiro atoms. The summed E-state index contributed by atoms with van der Waals surface area (Å²) in [7, 11) is -2.00. The second-order valence-corrected chi connectivity index (χ2v) is 12.6. The monoisotopic (exact) mass is 574 g/mol. The highest BCUT2D eigenvalue weighted by atomic mass is 32.2. The molecule has 1 N–H and O–H groups in total. The maximum absolute atomic E-state index is 14.5. The van der Waals surface area contributed by atoms with Gasteiger partial charge in [-0.15, -0.1) is 21.5 Å². The molecule has 0 aliphatic rings. The molecule has 0 aliphatic carbocycles. The molecule has 0 saturated heterocycles. The Labute approximate surface area is 224 Å². The van der Waals surface area contributed by atoms with E-state index in [1.54, 1.807) is 25.4 Å². The van der Waals surface area contributed by atoms with Gasteiger partial charge in [0.05, 0.1) is 16.0 Å². The van der Waals surface area contributed by atoms with Gasteiger partial charge in [-0.25, -0.2) is 17.2 Å². The number of pyridine rings is 1. The highest BCUT2D eigenvalue weighted by Gasteiger charge is 2.20. The topological polar surface area (TPSA) is 103 Å². The van der Waals surface area contributed by atoms with Crippen molar-refractivity contribution in [2.24, 2.45) is 7.05 Å². The Morgan fingerprint density at radius 3 is 2.47 bits per heavy atom. The first-order valence-electron chi connectivity index (χ1n) is 11.3. The minimum atomic E-state index is -3.60. The minimum absolute atomic E-state index is 0.138. The van der Waals surface area contributed by atoms with Gasteiger partial charge in [0.25, 0.3) is 5.56 Å². The van der Waals surface area contributed by atoms with Gasteiger partial charge in [0.1, 0.15) is 16.6 Å². The van der Waals surface area contributed by atoms with E-state index in [0.717, 1.165) is 16.0 Å². The summed E-state index contributed by atoms with van der Waals surface area (Å²) in [6, 6.07) is 9.22. The summed E-state index contributed by atoms with van der Waals surface area (Å²) in [5.41, 5.74) is 0.969. The first-order valence-corrected chi connectivity index (χ1v) is 14.5. The van der Waals surface area contributed by atoms with Gasteiger partial charge < -0.3 is 9.30 Å². The van der Waals surface area contributed by atoms with E-state index in [0.29, 0.717) is 32.3 Å². The van der Waals surface area contributed by atoms with Crippen LogP contribution in [0.3, 0.4) is 0 Å². The molecule has 0 aliphatic heterocycles. The lowest BCUT2D eigenvalue weighted by molar-refractivity contribution is 0.439. The van der Waals surface area contributed by atoms with Gasteiger partial charge in [0.15, 0.2) is 16.6 Å². The number of hydrogen-bond acceptors (Lipinski definition) is 8. The largest absolute Gasteiger partial charge is 0.454 e. The van der Waals surface area contributed by atoms with Crippen molar-refractivity contribution in [1.82, 2.24) is 14.8 Å². The van der Waals surface area contributed by atoms with Crippen molar-refractivity contribution < 1.29 is 21.9 Å². The van der Waals surface area contributed by atoms with Crippen molar-refractivity contribution in [2.45, 2.75) is 13.8 Å². The molecule has 3 aromatic heterocycles. The van der Waals surface area contributed by atoms with Crippen LogP contribution >= 0.6 is 22.7 Å². The molecule has 0 atom stereocenters. The predicted octanol–water partition coefficient (Wildman–Crippen LogP) is 5.93. The van der Waals surface area contributed by atoms with Crippen LogP contribution in [0.25, 0.3) is 31.1 Å². The molecule has 2 aromatic carbocycles. The van der Waals surface area contributed by atoms with Gasteiger partial charge in [-0.05, 0) is 50.2 Å². The zero-order valence-electron chi connectivity index (χ0n) is 20.3. The number of aromatic nitrogens is 3. The standard InChI is InChI=1S/C25H20F2N4O4S3/c1-4-38(33,34)30-15-6-8-20(35-21-7-5-14(26)9-19(21)27)16(10-15)18-12-31(3)25(32)17-11-22(37-23(17)18)24-29-28-13(2)36-24/h5-12,30H,4H2,1-3H3. The number of nitrogens with zero attached hydrogens (tertiary/aromatic N) is 3. The van der Waals surface area contributed by atoms with Crippen LogP contribution in [0.4, 0.5) is 14.5 Å². The van der Waals surface area contributed by atoms with E-state index in [9.17, 15) is 22.0 Å². The summed E-state index contributed by atoms with van der Waals surface area (Å²) in [5, 5.41) is 10.1. The van der Waals surface area contributed by atoms with Gasteiger partial charge in [0.2, 0.25) is 10.0 Å². The van der Waals surface area contributed by atoms with E-state index >= 15 is 0 Å². The molecular formula is C25H20F2N4O4S3. The van der Waals surface area contributed by atoms with Gasteiger partial charge in [-0.3, -0.25) is 9.52 Å². The van der Waals surface area contributed by atoms with Crippen molar-refractivity contribution in [3.63, 3.8) is 0 Å². The lowest BCUT2D eigenvalue weighted by atomic mass is 10.0. The second-order valence-electron chi connectivity index (χ2n) is 8.33. The SMILES string of the molecule is CCS(=O)(=O)Nc1ccc(Oc2ccc(F)cc2F)c(-c2cn(C)c(=O)c3cc(-c4nnc(C)s4)sc23)c1. The highest BCUT2D eigenvalue weighted by molar-refractivity contribution is 7.92. The van der Waals surface area contributed by atoms with E-state index in [1.165, 1.54) is 52.4 Å². The molecule has 0 unspecified atom stereocenters. The van der Waals surface area contributed by atoms with Crippen LogP contribution in [0.15, 0.2) is 53.5 Å². The minimum Gasteiger partial charge on any atom is -0.454 e. The number of aryl methyl sites for hydroxylation is 2. The number of thiophene rings is 1. The molecule has 0 radical (unpaired) electrons. The molecule has 196 valence electrons. The Morgan fingerprint density at radius 1 is 1.03 bits per heavy atom. The number of sulfonamides is 1. The Balaban J connectivity index is 1.74. The smallest absolute Gasteiger partial charge is 0.259 e. The van der Waals surface area contributed by atoms with E-state index in [-0.39, 0.29) is 28.5 Å². The van der Waals surface area contributed by atoms with E-state index < -0.39 is 21.7 Å². The van der Waals surface area contributed by atoms with Crippen LogP contribution in [0.2, 0.25) is 0 Å². The third-order valence-electron chi connectivity index (χ3n) is 5.62. The van der Waals surface area contributed by atoms with E-state index in [4.69, 9.17) is 4.74 Å². The first-order chi connectivity index (χ1) is 18.0. The molecule has 0 fully saturated rings.